The Labute approximate surface area is 171 Å². The molecule has 0 aliphatic carbocycles. The number of nitrogens with zero attached hydrogens (tertiary/aromatic N) is 2. The van der Waals surface area contributed by atoms with Crippen LogP contribution in [0.2, 0.25) is 0 Å². The van der Waals surface area contributed by atoms with Gasteiger partial charge in [-0.25, -0.2) is 13.4 Å². The summed E-state index contributed by atoms with van der Waals surface area (Å²) in [6.45, 7) is 8.01. The van der Waals surface area contributed by atoms with E-state index in [-0.39, 0.29) is 27.3 Å². The molecule has 0 spiro atoms. The van der Waals surface area contributed by atoms with Crippen molar-refractivity contribution in [3.05, 3.63) is 83.4 Å². The Morgan fingerprint density at radius 3 is 2.28 bits per heavy atom. The summed E-state index contributed by atoms with van der Waals surface area (Å²) in [7, 11) is -3.86. The fraction of sp³-hybridized carbons (Fsp3) is 0.227. The predicted octanol–water partition coefficient (Wildman–Crippen LogP) is 4.11. The molecule has 6 nitrogen and oxygen atoms in total. The van der Waals surface area contributed by atoms with E-state index < -0.39 is 15.8 Å². The highest BCUT2D eigenvalue weighted by atomic mass is 32.2. The number of sulfonamides is 1. The smallest absolute Gasteiger partial charge is 0.261 e. The molecule has 7 heteroatoms. The van der Waals surface area contributed by atoms with Gasteiger partial charge in [0.2, 0.25) is 5.78 Å². The lowest BCUT2D eigenvalue weighted by Gasteiger charge is -2.19. The molecule has 1 heterocycles. The topological polar surface area (TPSA) is 89.0 Å². The highest BCUT2D eigenvalue weighted by molar-refractivity contribution is 7.92. The minimum Gasteiger partial charge on any atom is -0.287 e. The number of nitrogens with one attached hydrogen (secondary N) is 1. The number of aromatic nitrogens is 2. The van der Waals surface area contributed by atoms with Crippen molar-refractivity contribution in [3.63, 3.8) is 0 Å². The van der Waals surface area contributed by atoms with Gasteiger partial charge in [-0.3, -0.25) is 14.5 Å². The second-order valence-electron chi connectivity index (χ2n) is 7.85. The largest absolute Gasteiger partial charge is 0.287 e. The van der Waals surface area contributed by atoms with Crippen molar-refractivity contribution in [2.75, 3.05) is 4.72 Å². The fourth-order valence-electron chi connectivity index (χ4n) is 2.83. The molecule has 2 aromatic carbocycles. The Balaban J connectivity index is 1.96. The summed E-state index contributed by atoms with van der Waals surface area (Å²) in [5.74, 6) is -0.400. The zero-order chi connectivity index (χ0) is 21.2. The van der Waals surface area contributed by atoms with E-state index in [4.69, 9.17) is 0 Å². The van der Waals surface area contributed by atoms with E-state index in [1.807, 2.05) is 6.92 Å². The quantitative estimate of drug-likeness (QED) is 0.641. The number of carbonyl (C=O) groups excluding carboxylic acids is 1. The molecular formula is C22H23N3O3S. The minimum absolute atomic E-state index is 0.0804. The number of rotatable bonds is 5. The average Bonchev–Trinajstić information content (AvgIpc) is 2.69. The van der Waals surface area contributed by atoms with Crippen LogP contribution in [0.5, 0.6) is 0 Å². The molecule has 3 aromatic rings. The molecule has 3 rings (SSSR count). The van der Waals surface area contributed by atoms with E-state index in [1.165, 1.54) is 18.6 Å². The van der Waals surface area contributed by atoms with Crippen molar-refractivity contribution < 1.29 is 13.2 Å². The Bertz CT molecular complexity index is 1130. The second-order valence-corrected chi connectivity index (χ2v) is 9.53. The van der Waals surface area contributed by atoms with Gasteiger partial charge in [0.25, 0.3) is 10.0 Å². The third kappa shape index (κ3) is 4.68. The second kappa shape index (κ2) is 7.75. The van der Waals surface area contributed by atoms with Crippen LogP contribution < -0.4 is 4.72 Å². The van der Waals surface area contributed by atoms with Gasteiger partial charge in [-0.2, -0.15) is 0 Å². The highest BCUT2D eigenvalue weighted by Crippen LogP contribution is 2.26. The fourth-order valence-corrected chi connectivity index (χ4v) is 3.91. The van der Waals surface area contributed by atoms with Gasteiger partial charge in [-0.1, -0.05) is 44.5 Å². The lowest BCUT2D eigenvalue weighted by Crippen LogP contribution is -2.17. The van der Waals surface area contributed by atoms with Gasteiger partial charge in [-0.05, 0) is 42.2 Å². The van der Waals surface area contributed by atoms with E-state index >= 15 is 0 Å². The minimum atomic E-state index is -3.86. The van der Waals surface area contributed by atoms with Gasteiger partial charge < -0.3 is 0 Å². The summed E-state index contributed by atoms with van der Waals surface area (Å²) in [5, 5.41) is 0. The van der Waals surface area contributed by atoms with Crippen molar-refractivity contribution in [2.45, 2.75) is 38.0 Å². The molecule has 0 bridgehead atoms. The van der Waals surface area contributed by atoms with Crippen LogP contribution >= 0.6 is 0 Å². The van der Waals surface area contributed by atoms with Crippen LogP contribution in [0.1, 0.15) is 48.0 Å². The molecule has 0 radical (unpaired) electrons. The monoisotopic (exact) mass is 409 g/mol. The number of ketones is 1. The van der Waals surface area contributed by atoms with Crippen molar-refractivity contribution in [1.29, 1.82) is 0 Å². The maximum Gasteiger partial charge on any atom is 0.261 e. The lowest BCUT2D eigenvalue weighted by molar-refractivity contribution is 0.103. The number of anilines is 1. The Morgan fingerprint density at radius 1 is 1.00 bits per heavy atom. The Kier molecular flexibility index (Phi) is 5.53. The summed E-state index contributed by atoms with van der Waals surface area (Å²) < 4.78 is 28.4. The molecule has 0 unspecified atom stereocenters. The van der Waals surface area contributed by atoms with Gasteiger partial charge in [0.15, 0.2) is 0 Å². The summed E-state index contributed by atoms with van der Waals surface area (Å²) >= 11 is 0. The Hall–Kier alpha value is -3.06. The van der Waals surface area contributed by atoms with Crippen LogP contribution in [0.25, 0.3) is 0 Å². The van der Waals surface area contributed by atoms with Crippen LogP contribution in [0.15, 0.2) is 66.0 Å². The number of hydrogen-bond donors (Lipinski definition) is 1. The zero-order valence-corrected chi connectivity index (χ0v) is 17.6. The molecule has 150 valence electrons. The van der Waals surface area contributed by atoms with Crippen LogP contribution in [0, 0.1) is 6.92 Å². The van der Waals surface area contributed by atoms with Crippen molar-refractivity contribution >= 4 is 21.5 Å². The summed E-state index contributed by atoms with van der Waals surface area (Å²) in [6, 6.07) is 11.7. The van der Waals surface area contributed by atoms with Gasteiger partial charge in [0, 0.05) is 18.0 Å². The first kappa shape index (κ1) is 20.7. The normalized spacial score (nSPS) is 11.9. The standard InChI is InChI=1S/C22H23N3O3S/c1-15-5-10-19(18(13-15)21(26)20-14-23-11-12-24-20)25-29(27,28)17-8-6-16(7-9-17)22(2,3)4/h5-14,25H,1-4H3. The predicted molar refractivity (Wildman–Crippen MR) is 113 cm³/mol. The molecule has 0 fully saturated rings. The van der Waals surface area contributed by atoms with Crippen LogP contribution in [-0.4, -0.2) is 24.2 Å². The van der Waals surface area contributed by atoms with Gasteiger partial charge in [0.1, 0.15) is 5.69 Å². The van der Waals surface area contributed by atoms with E-state index in [1.54, 1.807) is 42.5 Å². The van der Waals surface area contributed by atoms with E-state index in [0.29, 0.717) is 0 Å². The highest BCUT2D eigenvalue weighted by Gasteiger charge is 2.21. The van der Waals surface area contributed by atoms with E-state index in [2.05, 4.69) is 35.5 Å². The van der Waals surface area contributed by atoms with Crippen molar-refractivity contribution in [3.8, 4) is 0 Å². The summed E-state index contributed by atoms with van der Waals surface area (Å²) in [4.78, 5) is 20.9. The molecule has 0 saturated heterocycles. The average molecular weight is 410 g/mol. The first-order valence-electron chi connectivity index (χ1n) is 9.13. The molecule has 1 aromatic heterocycles. The molecular weight excluding hydrogens is 386 g/mol. The molecule has 1 N–H and O–H groups in total. The van der Waals surface area contributed by atoms with Crippen LogP contribution in [0.4, 0.5) is 5.69 Å². The molecule has 0 saturated carbocycles. The summed E-state index contributed by atoms with van der Waals surface area (Å²) in [6.07, 6.45) is 4.25. The first-order chi connectivity index (χ1) is 13.6. The van der Waals surface area contributed by atoms with Crippen LogP contribution in [0.3, 0.4) is 0 Å². The third-order valence-corrected chi connectivity index (χ3v) is 5.87. The number of aryl methyl sites for hydroxylation is 1. The first-order valence-corrected chi connectivity index (χ1v) is 10.6. The van der Waals surface area contributed by atoms with E-state index in [0.717, 1.165) is 11.1 Å². The van der Waals surface area contributed by atoms with Crippen molar-refractivity contribution in [1.82, 2.24) is 9.97 Å². The summed E-state index contributed by atoms with van der Waals surface area (Å²) in [5.41, 5.74) is 2.35. The lowest BCUT2D eigenvalue weighted by atomic mass is 9.87. The number of carbonyl (C=O) groups is 1. The molecule has 0 atom stereocenters. The van der Waals surface area contributed by atoms with Crippen molar-refractivity contribution in [2.24, 2.45) is 0 Å². The third-order valence-electron chi connectivity index (χ3n) is 4.49. The van der Waals surface area contributed by atoms with Gasteiger partial charge >= 0.3 is 0 Å². The number of benzene rings is 2. The van der Waals surface area contributed by atoms with Crippen LogP contribution in [-0.2, 0) is 15.4 Å². The number of hydrogen-bond acceptors (Lipinski definition) is 5. The van der Waals surface area contributed by atoms with Gasteiger partial charge in [0.05, 0.1) is 16.8 Å². The molecule has 0 amide bonds. The molecule has 0 aliphatic heterocycles. The van der Waals surface area contributed by atoms with Gasteiger partial charge in [-0.15, -0.1) is 0 Å². The maximum atomic E-state index is 12.9. The SMILES string of the molecule is Cc1ccc(NS(=O)(=O)c2ccc(C(C)(C)C)cc2)c(C(=O)c2cnccn2)c1. The van der Waals surface area contributed by atoms with E-state index in [9.17, 15) is 13.2 Å². The Morgan fingerprint density at radius 2 is 1.69 bits per heavy atom. The maximum absolute atomic E-state index is 12.9. The molecule has 0 aliphatic rings. The zero-order valence-electron chi connectivity index (χ0n) is 16.8. The molecule has 29 heavy (non-hydrogen) atoms.